The van der Waals surface area contributed by atoms with Crippen LogP contribution in [-0.2, 0) is 5.41 Å². The van der Waals surface area contributed by atoms with Crippen LogP contribution in [0.4, 0.5) is 0 Å². The highest BCUT2D eigenvalue weighted by molar-refractivity contribution is 5.35. The molecule has 0 radical (unpaired) electrons. The lowest BCUT2D eigenvalue weighted by atomic mass is 9.75. The van der Waals surface area contributed by atoms with Crippen molar-refractivity contribution in [3.8, 4) is 5.75 Å². The van der Waals surface area contributed by atoms with E-state index < -0.39 is 0 Å². The third kappa shape index (κ3) is 2.86. The van der Waals surface area contributed by atoms with Crippen molar-refractivity contribution in [3.05, 3.63) is 29.8 Å². The molecule has 2 nitrogen and oxygen atoms in total. The first kappa shape index (κ1) is 13.4. The van der Waals surface area contributed by atoms with Crippen LogP contribution >= 0.6 is 0 Å². The Hall–Kier alpha value is -1.02. The zero-order chi connectivity index (χ0) is 13.0. The Balaban J connectivity index is 2.22. The first-order valence-corrected chi connectivity index (χ1v) is 7.01. The molecule has 1 saturated heterocycles. The van der Waals surface area contributed by atoms with E-state index in [-0.39, 0.29) is 0 Å². The Morgan fingerprint density at radius 2 is 2.22 bits per heavy atom. The van der Waals surface area contributed by atoms with Crippen LogP contribution in [0.2, 0.25) is 0 Å². The van der Waals surface area contributed by atoms with Gasteiger partial charge in [-0.05, 0) is 43.0 Å². The van der Waals surface area contributed by atoms with E-state index in [9.17, 15) is 0 Å². The molecule has 1 aliphatic heterocycles. The maximum atomic E-state index is 5.36. The standard InChI is InChI=1S/C16H25NO/c1-13(2)7-8-16(9-10-17-12-16)14-5-4-6-15(11-14)18-3/h4-6,11,13,17H,7-10,12H2,1-3H3. The highest BCUT2D eigenvalue weighted by Gasteiger charge is 2.35. The molecule has 0 amide bonds. The van der Waals surface area contributed by atoms with Crippen molar-refractivity contribution >= 4 is 0 Å². The number of methoxy groups -OCH3 is 1. The fraction of sp³-hybridized carbons (Fsp3) is 0.625. The molecule has 18 heavy (non-hydrogen) atoms. The lowest BCUT2D eigenvalue weighted by molar-refractivity contribution is 0.377. The number of nitrogens with one attached hydrogen (secondary N) is 1. The molecule has 1 aliphatic rings. The second kappa shape index (κ2) is 5.75. The van der Waals surface area contributed by atoms with Gasteiger partial charge < -0.3 is 10.1 Å². The summed E-state index contributed by atoms with van der Waals surface area (Å²) >= 11 is 0. The van der Waals surface area contributed by atoms with Gasteiger partial charge in [-0.2, -0.15) is 0 Å². The summed E-state index contributed by atoms with van der Waals surface area (Å²) in [5.74, 6) is 1.75. The quantitative estimate of drug-likeness (QED) is 0.861. The van der Waals surface area contributed by atoms with E-state index in [1.54, 1.807) is 7.11 Å². The van der Waals surface area contributed by atoms with Gasteiger partial charge in [0.05, 0.1) is 7.11 Å². The van der Waals surface area contributed by atoms with E-state index >= 15 is 0 Å². The molecular formula is C16H25NO. The average molecular weight is 247 g/mol. The van der Waals surface area contributed by atoms with Crippen molar-refractivity contribution in [3.63, 3.8) is 0 Å². The molecule has 100 valence electrons. The Bertz CT molecular complexity index is 380. The molecule has 0 bridgehead atoms. The van der Waals surface area contributed by atoms with E-state index in [0.717, 1.165) is 24.8 Å². The maximum Gasteiger partial charge on any atom is 0.119 e. The average Bonchev–Trinajstić information content (AvgIpc) is 2.86. The van der Waals surface area contributed by atoms with E-state index in [1.165, 1.54) is 24.8 Å². The van der Waals surface area contributed by atoms with Crippen molar-refractivity contribution in [1.29, 1.82) is 0 Å². The topological polar surface area (TPSA) is 21.3 Å². The molecule has 1 unspecified atom stereocenters. The summed E-state index contributed by atoms with van der Waals surface area (Å²) < 4.78 is 5.36. The van der Waals surface area contributed by atoms with Crippen LogP contribution in [-0.4, -0.2) is 20.2 Å². The molecule has 2 heteroatoms. The fourth-order valence-electron chi connectivity index (χ4n) is 2.87. The van der Waals surface area contributed by atoms with Crippen LogP contribution < -0.4 is 10.1 Å². The molecule has 0 aromatic heterocycles. The summed E-state index contributed by atoms with van der Waals surface area (Å²) in [7, 11) is 1.74. The zero-order valence-electron chi connectivity index (χ0n) is 11.8. The lowest BCUT2D eigenvalue weighted by Crippen LogP contribution is -2.29. The van der Waals surface area contributed by atoms with Gasteiger partial charge in [0.2, 0.25) is 0 Å². The van der Waals surface area contributed by atoms with Gasteiger partial charge in [-0.25, -0.2) is 0 Å². The summed E-state index contributed by atoms with van der Waals surface area (Å²) in [6, 6.07) is 8.62. The minimum Gasteiger partial charge on any atom is -0.497 e. The van der Waals surface area contributed by atoms with Crippen LogP contribution in [0.5, 0.6) is 5.75 Å². The van der Waals surface area contributed by atoms with E-state index in [2.05, 4.69) is 37.4 Å². The minimum absolute atomic E-state index is 0.318. The molecule has 1 fully saturated rings. The van der Waals surface area contributed by atoms with E-state index in [1.807, 2.05) is 6.07 Å². The monoisotopic (exact) mass is 247 g/mol. The second-order valence-corrected chi connectivity index (χ2v) is 5.87. The highest BCUT2D eigenvalue weighted by atomic mass is 16.5. The van der Waals surface area contributed by atoms with Crippen LogP contribution in [0.25, 0.3) is 0 Å². The Kier molecular flexibility index (Phi) is 4.28. The van der Waals surface area contributed by atoms with Crippen molar-refractivity contribution in [1.82, 2.24) is 5.32 Å². The molecule has 0 aliphatic carbocycles. The van der Waals surface area contributed by atoms with Gasteiger partial charge in [-0.15, -0.1) is 0 Å². The van der Waals surface area contributed by atoms with Gasteiger partial charge in [0.25, 0.3) is 0 Å². The summed E-state index contributed by atoms with van der Waals surface area (Å²) in [6.07, 6.45) is 3.80. The SMILES string of the molecule is COc1cccc(C2(CCC(C)C)CCNC2)c1. The van der Waals surface area contributed by atoms with Crippen LogP contribution in [0.15, 0.2) is 24.3 Å². The molecule has 0 spiro atoms. The third-order valence-electron chi connectivity index (χ3n) is 4.13. The Labute approximate surface area is 111 Å². The molecular weight excluding hydrogens is 222 g/mol. The summed E-state index contributed by atoms with van der Waals surface area (Å²) in [4.78, 5) is 0. The molecule has 1 aromatic rings. The van der Waals surface area contributed by atoms with Gasteiger partial charge >= 0.3 is 0 Å². The Morgan fingerprint density at radius 3 is 2.83 bits per heavy atom. The first-order chi connectivity index (χ1) is 8.66. The smallest absolute Gasteiger partial charge is 0.119 e. The predicted octanol–water partition coefficient (Wildman–Crippen LogP) is 3.36. The van der Waals surface area contributed by atoms with Gasteiger partial charge in [-0.1, -0.05) is 32.4 Å². The zero-order valence-corrected chi connectivity index (χ0v) is 11.8. The minimum atomic E-state index is 0.318. The number of rotatable bonds is 5. The van der Waals surface area contributed by atoms with E-state index in [4.69, 9.17) is 4.74 Å². The van der Waals surface area contributed by atoms with Gasteiger partial charge in [0.1, 0.15) is 5.75 Å². The summed E-state index contributed by atoms with van der Waals surface area (Å²) in [5.41, 5.74) is 1.76. The molecule has 0 saturated carbocycles. The maximum absolute atomic E-state index is 5.36. The second-order valence-electron chi connectivity index (χ2n) is 5.87. The van der Waals surface area contributed by atoms with Gasteiger partial charge in [0, 0.05) is 12.0 Å². The molecule has 1 aromatic carbocycles. The van der Waals surface area contributed by atoms with Gasteiger partial charge in [-0.3, -0.25) is 0 Å². The Morgan fingerprint density at radius 1 is 1.39 bits per heavy atom. The molecule has 1 heterocycles. The summed E-state index contributed by atoms with van der Waals surface area (Å²) in [6.45, 7) is 6.85. The normalized spacial score (nSPS) is 23.6. The third-order valence-corrected chi connectivity index (χ3v) is 4.13. The summed E-state index contributed by atoms with van der Waals surface area (Å²) in [5, 5.41) is 3.53. The van der Waals surface area contributed by atoms with Crippen molar-refractivity contribution in [2.24, 2.45) is 5.92 Å². The first-order valence-electron chi connectivity index (χ1n) is 7.01. The molecule has 1 N–H and O–H groups in total. The number of benzene rings is 1. The highest BCUT2D eigenvalue weighted by Crippen LogP contribution is 2.37. The van der Waals surface area contributed by atoms with Gasteiger partial charge in [0.15, 0.2) is 0 Å². The van der Waals surface area contributed by atoms with Crippen LogP contribution in [0, 0.1) is 5.92 Å². The van der Waals surface area contributed by atoms with E-state index in [0.29, 0.717) is 5.41 Å². The molecule has 2 rings (SSSR count). The lowest BCUT2D eigenvalue weighted by Gasteiger charge is -2.30. The fourth-order valence-corrected chi connectivity index (χ4v) is 2.87. The molecule has 1 atom stereocenters. The predicted molar refractivity (Wildman–Crippen MR) is 76.2 cm³/mol. The van der Waals surface area contributed by atoms with Crippen molar-refractivity contribution in [2.75, 3.05) is 20.2 Å². The van der Waals surface area contributed by atoms with Crippen LogP contribution in [0.3, 0.4) is 0 Å². The number of hydrogen-bond acceptors (Lipinski definition) is 2. The van der Waals surface area contributed by atoms with Crippen LogP contribution in [0.1, 0.15) is 38.7 Å². The number of ether oxygens (including phenoxy) is 1. The number of hydrogen-bond donors (Lipinski definition) is 1. The largest absolute Gasteiger partial charge is 0.497 e. The van der Waals surface area contributed by atoms with Crippen molar-refractivity contribution < 1.29 is 4.74 Å². The van der Waals surface area contributed by atoms with Crippen molar-refractivity contribution in [2.45, 2.75) is 38.5 Å².